The van der Waals surface area contributed by atoms with Crippen molar-refractivity contribution in [3.05, 3.63) is 35.5 Å². The second kappa shape index (κ2) is 5.64. The van der Waals surface area contributed by atoms with Gasteiger partial charge in [0.05, 0.1) is 5.56 Å². The van der Waals surface area contributed by atoms with Gasteiger partial charge in [0.25, 0.3) is 0 Å². The molecule has 5 nitrogen and oxygen atoms in total. The number of hydrogen-bond acceptors (Lipinski definition) is 3. The summed E-state index contributed by atoms with van der Waals surface area (Å²) in [5.41, 5.74) is 2.39. The summed E-state index contributed by atoms with van der Waals surface area (Å²) in [7, 11) is 0. The first kappa shape index (κ1) is 13.1. The molecule has 1 aliphatic rings. The first-order valence-electron chi connectivity index (χ1n) is 7.01. The van der Waals surface area contributed by atoms with E-state index in [-0.39, 0.29) is 0 Å². The summed E-state index contributed by atoms with van der Waals surface area (Å²) in [6.07, 6.45) is 2.82. The highest BCUT2D eigenvalue weighted by Crippen LogP contribution is 2.23. The number of fused-ring (bicyclic) bond motifs is 1. The quantitative estimate of drug-likeness (QED) is 0.786. The Bertz CT molecular complexity index is 615. The number of hydrogen-bond donors (Lipinski definition) is 3. The summed E-state index contributed by atoms with van der Waals surface area (Å²) in [5, 5.41) is 13.5. The highest BCUT2D eigenvalue weighted by Gasteiger charge is 2.15. The van der Waals surface area contributed by atoms with Crippen molar-refractivity contribution in [2.24, 2.45) is 0 Å². The van der Waals surface area contributed by atoms with Crippen LogP contribution in [0.5, 0.6) is 0 Å². The van der Waals surface area contributed by atoms with E-state index in [0.717, 1.165) is 55.6 Å². The summed E-state index contributed by atoms with van der Waals surface area (Å²) in [4.78, 5) is 16.9. The topological polar surface area (TPSA) is 68.4 Å². The smallest absolute Gasteiger partial charge is 0.336 e. The zero-order valence-electron chi connectivity index (χ0n) is 11.4. The molecule has 0 saturated carbocycles. The lowest BCUT2D eigenvalue weighted by Crippen LogP contribution is -2.44. The largest absolute Gasteiger partial charge is 0.478 e. The third-order valence-corrected chi connectivity index (χ3v) is 3.92. The van der Waals surface area contributed by atoms with Crippen LogP contribution in [0.4, 0.5) is 0 Å². The van der Waals surface area contributed by atoms with Crippen molar-refractivity contribution < 1.29 is 9.90 Å². The van der Waals surface area contributed by atoms with Crippen molar-refractivity contribution in [2.45, 2.75) is 6.42 Å². The molecule has 1 aromatic heterocycles. The molecule has 1 aliphatic heterocycles. The molecule has 0 aliphatic carbocycles. The number of carboxylic acid groups (broad SMARTS) is 1. The Balaban J connectivity index is 1.82. The van der Waals surface area contributed by atoms with Crippen molar-refractivity contribution in [2.75, 3.05) is 32.7 Å². The summed E-state index contributed by atoms with van der Waals surface area (Å²) in [5.74, 6) is -0.862. The van der Waals surface area contributed by atoms with Crippen LogP contribution in [0.15, 0.2) is 24.4 Å². The molecule has 106 valence electrons. The van der Waals surface area contributed by atoms with Gasteiger partial charge in [-0.3, -0.25) is 0 Å². The summed E-state index contributed by atoms with van der Waals surface area (Å²) < 4.78 is 0. The number of rotatable bonds is 4. The van der Waals surface area contributed by atoms with Crippen LogP contribution >= 0.6 is 0 Å². The van der Waals surface area contributed by atoms with Crippen LogP contribution < -0.4 is 5.32 Å². The number of benzene rings is 1. The number of aromatic amines is 1. The van der Waals surface area contributed by atoms with E-state index in [2.05, 4.69) is 15.2 Å². The lowest BCUT2D eigenvalue weighted by Gasteiger charge is -2.27. The van der Waals surface area contributed by atoms with Crippen LogP contribution in [0.1, 0.15) is 15.9 Å². The first-order chi connectivity index (χ1) is 9.75. The van der Waals surface area contributed by atoms with Crippen molar-refractivity contribution in [1.29, 1.82) is 0 Å². The molecule has 5 heteroatoms. The standard InChI is InChI=1S/C15H19N3O2/c19-15(20)12-2-1-3-13-14(12)11(10-17-13)4-7-18-8-5-16-6-9-18/h1-3,10,16-17H,4-9H2,(H,19,20). The van der Waals surface area contributed by atoms with E-state index in [9.17, 15) is 9.90 Å². The summed E-state index contributed by atoms with van der Waals surface area (Å²) in [6.45, 7) is 5.17. The van der Waals surface area contributed by atoms with Crippen LogP contribution in [0, 0.1) is 0 Å². The number of carboxylic acids is 1. The third kappa shape index (κ3) is 2.55. The molecule has 3 N–H and O–H groups in total. The predicted octanol–water partition coefficient (Wildman–Crippen LogP) is 1.31. The van der Waals surface area contributed by atoms with Gasteiger partial charge < -0.3 is 20.3 Å². The summed E-state index contributed by atoms with van der Waals surface area (Å²) >= 11 is 0. The fourth-order valence-electron chi connectivity index (χ4n) is 2.84. The predicted molar refractivity (Wildman–Crippen MR) is 78.3 cm³/mol. The number of aromatic carboxylic acids is 1. The zero-order valence-corrected chi connectivity index (χ0v) is 11.4. The van der Waals surface area contributed by atoms with Gasteiger partial charge in [0.15, 0.2) is 0 Å². The highest BCUT2D eigenvalue weighted by molar-refractivity contribution is 6.04. The molecular weight excluding hydrogens is 254 g/mol. The molecule has 3 rings (SSSR count). The van der Waals surface area contributed by atoms with Gasteiger partial charge in [0.1, 0.15) is 0 Å². The van der Waals surface area contributed by atoms with Crippen LogP contribution in [0.3, 0.4) is 0 Å². The third-order valence-electron chi connectivity index (χ3n) is 3.92. The Morgan fingerprint density at radius 2 is 2.10 bits per heavy atom. The van der Waals surface area contributed by atoms with Gasteiger partial charge in [-0.15, -0.1) is 0 Å². The second-order valence-corrected chi connectivity index (χ2v) is 5.19. The number of nitrogens with one attached hydrogen (secondary N) is 2. The lowest BCUT2D eigenvalue weighted by molar-refractivity contribution is 0.0699. The lowest BCUT2D eigenvalue weighted by atomic mass is 10.0. The fourth-order valence-corrected chi connectivity index (χ4v) is 2.84. The summed E-state index contributed by atoms with van der Waals surface area (Å²) in [6, 6.07) is 5.38. The normalized spacial score (nSPS) is 16.6. The Labute approximate surface area is 117 Å². The molecule has 20 heavy (non-hydrogen) atoms. The number of nitrogens with zero attached hydrogens (tertiary/aromatic N) is 1. The Kier molecular flexibility index (Phi) is 3.71. The zero-order chi connectivity index (χ0) is 13.9. The Hall–Kier alpha value is -1.85. The molecule has 1 fully saturated rings. The van der Waals surface area contributed by atoms with E-state index >= 15 is 0 Å². The van der Waals surface area contributed by atoms with Crippen molar-refractivity contribution in [1.82, 2.24) is 15.2 Å². The molecule has 2 aromatic rings. The molecule has 0 amide bonds. The first-order valence-corrected chi connectivity index (χ1v) is 7.01. The average molecular weight is 273 g/mol. The molecule has 1 aromatic carbocycles. The van der Waals surface area contributed by atoms with E-state index in [1.165, 1.54) is 0 Å². The highest BCUT2D eigenvalue weighted by atomic mass is 16.4. The van der Waals surface area contributed by atoms with Gasteiger partial charge in [0, 0.05) is 49.8 Å². The average Bonchev–Trinajstić information content (AvgIpc) is 2.89. The van der Waals surface area contributed by atoms with E-state index in [1.54, 1.807) is 12.1 Å². The Morgan fingerprint density at radius 1 is 1.30 bits per heavy atom. The molecule has 2 heterocycles. The van der Waals surface area contributed by atoms with Gasteiger partial charge in [-0.05, 0) is 24.1 Å². The van der Waals surface area contributed by atoms with Crippen molar-refractivity contribution in [3.8, 4) is 0 Å². The molecule has 0 spiro atoms. The van der Waals surface area contributed by atoms with E-state index < -0.39 is 5.97 Å². The maximum atomic E-state index is 11.3. The van der Waals surface area contributed by atoms with Gasteiger partial charge >= 0.3 is 5.97 Å². The number of piperazine rings is 1. The van der Waals surface area contributed by atoms with Crippen molar-refractivity contribution >= 4 is 16.9 Å². The molecule has 0 bridgehead atoms. The maximum Gasteiger partial charge on any atom is 0.336 e. The molecule has 0 unspecified atom stereocenters. The van der Waals surface area contributed by atoms with E-state index in [1.807, 2.05) is 12.3 Å². The van der Waals surface area contributed by atoms with Crippen LogP contribution in [-0.2, 0) is 6.42 Å². The minimum absolute atomic E-state index is 0.388. The van der Waals surface area contributed by atoms with E-state index in [0.29, 0.717) is 5.56 Å². The molecular formula is C15H19N3O2. The minimum Gasteiger partial charge on any atom is -0.478 e. The van der Waals surface area contributed by atoms with Gasteiger partial charge in [-0.25, -0.2) is 4.79 Å². The van der Waals surface area contributed by atoms with Gasteiger partial charge in [0.2, 0.25) is 0 Å². The molecule has 0 atom stereocenters. The number of carbonyl (C=O) groups is 1. The number of H-pyrrole nitrogens is 1. The van der Waals surface area contributed by atoms with Crippen LogP contribution in [0.2, 0.25) is 0 Å². The number of aromatic nitrogens is 1. The molecule has 0 radical (unpaired) electrons. The van der Waals surface area contributed by atoms with Crippen LogP contribution in [-0.4, -0.2) is 53.7 Å². The minimum atomic E-state index is -0.862. The molecule has 1 saturated heterocycles. The Morgan fingerprint density at radius 3 is 2.85 bits per heavy atom. The van der Waals surface area contributed by atoms with Crippen LogP contribution in [0.25, 0.3) is 10.9 Å². The second-order valence-electron chi connectivity index (χ2n) is 5.19. The van der Waals surface area contributed by atoms with Gasteiger partial charge in [-0.1, -0.05) is 6.07 Å². The monoisotopic (exact) mass is 273 g/mol. The van der Waals surface area contributed by atoms with Gasteiger partial charge in [-0.2, -0.15) is 0 Å². The van der Waals surface area contributed by atoms with Crippen molar-refractivity contribution in [3.63, 3.8) is 0 Å². The van der Waals surface area contributed by atoms with E-state index in [4.69, 9.17) is 0 Å². The maximum absolute atomic E-state index is 11.3. The SMILES string of the molecule is O=C(O)c1cccc2[nH]cc(CCN3CCNCC3)c12. The fraction of sp³-hybridized carbons (Fsp3) is 0.400.